The first-order valence-electron chi connectivity index (χ1n) is 6.85. The maximum Gasteiger partial charge on any atom is 0.157 e. The zero-order valence-corrected chi connectivity index (χ0v) is 12.4. The van der Waals surface area contributed by atoms with E-state index in [9.17, 15) is 0 Å². The summed E-state index contributed by atoms with van der Waals surface area (Å²) in [6.07, 6.45) is 0. The molecular formula is C17H18N2S. The molecule has 0 aliphatic carbocycles. The van der Waals surface area contributed by atoms with Crippen LogP contribution in [0.25, 0.3) is 0 Å². The summed E-state index contributed by atoms with van der Waals surface area (Å²) < 4.78 is 0. The summed E-state index contributed by atoms with van der Waals surface area (Å²) in [5, 5.41) is 4.56. The Morgan fingerprint density at radius 2 is 1.85 bits per heavy atom. The van der Waals surface area contributed by atoms with Crippen molar-refractivity contribution in [3.8, 4) is 0 Å². The van der Waals surface area contributed by atoms with Crippen LogP contribution < -0.4 is 5.32 Å². The molecule has 0 aromatic heterocycles. The van der Waals surface area contributed by atoms with Crippen LogP contribution in [0.5, 0.6) is 0 Å². The third-order valence-electron chi connectivity index (χ3n) is 3.41. The number of rotatable bonds is 3. The van der Waals surface area contributed by atoms with Crippen molar-refractivity contribution in [2.24, 2.45) is 4.99 Å². The Balaban J connectivity index is 1.62. The lowest BCUT2D eigenvalue weighted by molar-refractivity contribution is 0.748. The van der Waals surface area contributed by atoms with Crippen LogP contribution in [0.2, 0.25) is 0 Å². The molecule has 20 heavy (non-hydrogen) atoms. The molecule has 2 aromatic carbocycles. The molecule has 102 valence electrons. The topological polar surface area (TPSA) is 24.4 Å². The second-order valence-electron chi connectivity index (χ2n) is 5.03. The van der Waals surface area contributed by atoms with Crippen molar-refractivity contribution in [1.29, 1.82) is 0 Å². The number of nitrogens with one attached hydrogen (secondary N) is 1. The van der Waals surface area contributed by atoms with Crippen molar-refractivity contribution in [3.05, 3.63) is 71.3 Å². The maximum absolute atomic E-state index is 4.67. The SMILES string of the molecule is Cc1ccc(CN=C2NC(c3ccccc3)CS2)cc1. The van der Waals surface area contributed by atoms with Gasteiger partial charge < -0.3 is 5.32 Å². The molecule has 1 saturated heterocycles. The first-order valence-corrected chi connectivity index (χ1v) is 7.84. The summed E-state index contributed by atoms with van der Waals surface area (Å²) in [6.45, 7) is 2.85. The summed E-state index contributed by atoms with van der Waals surface area (Å²) in [6, 6.07) is 19.5. The minimum atomic E-state index is 0.387. The van der Waals surface area contributed by atoms with Gasteiger partial charge in [0.25, 0.3) is 0 Å². The molecule has 0 amide bonds. The monoisotopic (exact) mass is 282 g/mol. The van der Waals surface area contributed by atoms with E-state index in [-0.39, 0.29) is 0 Å². The van der Waals surface area contributed by atoms with Crippen LogP contribution in [0.15, 0.2) is 59.6 Å². The highest BCUT2D eigenvalue weighted by Crippen LogP contribution is 2.26. The second-order valence-corrected chi connectivity index (χ2v) is 6.03. The quantitative estimate of drug-likeness (QED) is 0.922. The van der Waals surface area contributed by atoms with E-state index >= 15 is 0 Å². The summed E-state index contributed by atoms with van der Waals surface area (Å²) >= 11 is 1.81. The van der Waals surface area contributed by atoms with Crippen LogP contribution in [-0.2, 0) is 6.54 Å². The van der Waals surface area contributed by atoms with Gasteiger partial charge in [-0.1, -0.05) is 71.9 Å². The fourth-order valence-electron chi connectivity index (χ4n) is 2.21. The van der Waals surface area contributed by atoms with Crippen molar-refractivity contribution in [2.45, 2.75) is 19.5 Å². The largest absolute Gasteiger partial charge is 0.357 e. The number of amidine groups is 1. The summed E-state index contributed by atoms with van der Waals surface area (Å²) in [4.78, 5) is 4.67. The number of benzene rings is 2. The normalized spacial score (nSPS) is 20.1. The van der Waals surface area contributed by atoms with Crippen LogP contribution in [0.4, 0.5) is 0 Å². The molecule has 0 saturated carbocycles. The number of nitrogens with zero attached hydrogens (tertiary/aromatic N) is 1. The van der Waals surface area contributed by atoms with Gasteiger partial charge >= 0.3 is 0 Å². The third-order valence-corrected chi connectivity index (χ3v) is 4.43. The van der Waals surface area contributed by atoms with Gasteiger partial charge in [0.1, 0.15) is 0 Å². The van der Waals surface area contributed by atoms with Crippen molar-refractivity contribution >= 4 is 16.9 Å². The molecule has 1 unspecified atom stereocenters. The Morgan fingerprint density at radius 1 is 1.10 bits per heavy atom. The molecule has 0 spiro atoms. The molecule has 1 heterocycles. The van der Waals surface area contributed by atoms with Crippen molar-refractivity contribution < 1.29 is 0 Å². The second kappa shape index (κ2) is 6.14. The van der Waals surface area contributed by atoms with Crippen molar-refractivity contribution in [2.75, 3.05) is 5.75 Å². The number of aryl methyl sites for hydroxylation is 1. The molecule has 1 N–H and O–H groups in total. The van der Waals surface area contributed by atoms with E-state index in [0.717, 1.165) is 17.5 Å². The van der Waals surface area contributed by atoms with E-state index < -0.39 is 0 Å². The molecule has 3 rings (SSSR count). The van der Waals surface area contributed by atoms with Crippen LogP contribution in [0.3, 0.4) is 0 Å². The van der Waals surface area contributed by atoms with Gasteiger partial charge in [-0.3, -0.25) is 4.99 Å². The lowest BCUT2D eigenvalue weighted by atomic mass is 10.1. The average molecular weight is 282 g/mol. The van der Waals surface area contributed by atoms with E-state index in [4.69, 9.17) is 0 Å². The predicted molar refractivity (Wildman–Crippen MR) is 87.1 cm³/mol. The minimum Gasteiger partial charge on any atom is -0.357 e. The summed E-state index contributed by atoms with van der Waals surface area (Å²) in [5.74, 6) is 1.05. The molecule has 1 aliphatic heterocycles. The van der Waals surface area contributed by atoms with Gasteiger partial charge in [-0.15, -0.1) is 0 Å². The standard InChI is InChI=1S/C17H18N2S/c1-13-7-9-14(10-8-13)11-18-17-19-16(12-20-17)15-5-3-2-4-6-15/h2-10,16H,11-12H2,1H3,(H,18,19). The number of thioether (sulfide) groups is 1. The predicted octanol–water partition coefficient (Wildman–Crippen LogP) is 3.93. The number of aliphatic imine (C=N–C) groups is 1. The molecule has 1 aliphatic rings. The molecule has 0 bridgehead atoms. The lowest BCUT2D eigenvalue weighted by Crippen LogP contribution is -2.19. The fourth-order valence-corrected chi connectivity index (χ4v) is 3.19. The van der Waals surface area contributed by atoms with Crippen molar-refractivity contribution in [1.82, 2.24) is 5.32 Å². The Bertz CT molecular complexity index is 590. The molecule has 2 nitrogen and oxygen atoms in total. The average Bonchev–Trinajstić information content (AvgIpc) is 2.97. The van der Waals surface area contributed by atoms with Crippen LogP contribution >= 0.6 is 11.8 Å². The Kier molecular flexibility index (Phi) is 4.07. The molecule has 1 fully saturated rings. The minimum absolute atomic E-state index is 0.387. The van der Waals surface area contributed by atoms with Gasteiger partial charge in [0.2, 0.25) is 0 Å². The fraction of sp³-hybridized carbons (Fsp3) is 0.235. The van der Waals surface area contributed by atoms with E-state index in [1.807, 2.05) is 0 Å². The maximum atomic E-state index is 4.67. The van der Waals surface area contributed by atoms with Crippen LogP contribution in [0.1, 0.15) is 22.7 Å². The van der Waals surface area contributed by atoms with Crippen molar-refractivity contribution in [3.63, 3.8) is 0 Å². The summed E-state index contributed by atoms with van der Waals surface area (Å²) in [7, 11) is 0. The molecular weight excluding hydrogens is 264 g/mol. The lowest BCUT2D eigenvalue weighted by Gasteiger charge is -2.09. The van der Waals surface area contributed by atoms with Crippen LogP contribution in [-0.4, -0.2) is 10.9 Å². The third kappa shape index (κ3) is 3.23. The van der Waals surface area contributed by atoms with Gasteiger partial charge in [0, 0.05) is 5.75 Å². The van der Waals surface area contributed by atoms with Crippen LogP contribution in [0, 0.1) is 6.92 Å². The Morgan fingerprint density at radius 3 is 2.60 bits per heavy atom. The first-order chi connectivity index (χ1) is 9.81. The molecule has 0 radical (unpaired) electrons. The van der Waals surface area contributed by atoms with Gasteiger partial charge in [0.15, 0.2) is 5.17 Å². The van der Waals surface area contributed by atoms with E-state index in [0.29, 0.717) is 6.04 Å². The molecule has 2 aromatic rings. The van der Waals surface area contributed by atoms with Gasteiger partial charge in [0.05, 0.1) is 12.6 Å². The first kappa shape index (κ1) is 13.3. The van der Waals surface area contributed by atoms with E-state index in [1.54, 1.807) is 11.8 Å². The highest BCUT2D eigenvalue weighted by atomic mass is 32.2. The van der Waals surface area contributed by atoms with Gasteiger partial charge in [-0.2, -0.15) is 0 Å². The number of hydrogen-bond acceptors (Lipinski definition) is 2. The number of hydrogen-bond donors (Lipinski definition) is 1. The van der Waals surface area contributed by atoms with Gasteiger partial charge in [-0.25, -0.2) is 0 Å². The molecule has 3 heteroatoms. The van der Waals surface area contributed by atoms with Gasteiger partial charge in [-0.05, 0) is 18.1 Å². The summed E-state index contributed by atoms with van der Waals surface area (Å²) in [5.41, 5.74) is 3.88. The Hall–Kier alpha value is -1.74. The van der Waals surface area contributed by atoms with E-state index in [2.05, 4.69) is 71.8 Å². The molecule has 1 atom stereocenters. The van der Waals surface area contributed by atoms with E-state index in [1.165, 1.54) is 16.7 Å². The zero-order chi connectivity index (χ0) is 13.8. The smallest absolute Gasteiger partial charge is 0.157 e. The Labute approximate surface area is 124 Å². The zero-order valence-electron chi connectivity index (χ0n) is 11.5. The highest BCUT2D eigenvalue weighted by molar-refractivity contribution is 8.14. The highest BCUT2D eigenvalue weighted by Gasteiger charge is 2.21.